The Bertz CT molecular complexity index is 897. The molecule has 1 aromatic heterocycles. The third-order valence-electron chi connectivity index (χ3n) is 4.67. The molecule has 2 heterocycles. The highest BCUT2D eigenvalue weighted by molar-refractivity contribution is 8.00. The molecule has 1 atom stereocenters. The van der Waals surface area contributed by atoms with Crippen LogP contribution in [0.2, 0.25) is 0 Å². The van der Waals surface area contributed by atoms with Crippen molar-refractivity contribution in [2.45, 2.75) is 63.4 Å². The minimum Gasteiger partial charge on any atom is -0.341 e. The molecule has 0 bridgehead atoms. The number of nitrogens with one attached hydrogen (secondary N) is 2. The summed E-state index contributed by atoms with van der Waals surface area (Å²) in [5.74, 6) is 0.417. The number of aromatic nitrogens is 3. The Balaban J connectivity index is 1.80. The summed E-state index contributed by atoms with van der Waals surface area (Å²) in [5, 5.41) is 14.0. The molecule has 3 rings (SSSR count). The Hall–Kier alpha value is -2.55. The molecule has 1 aliphatic heterocycles. The maximum atomic E-state index is 12.5. The lowest BCUT2D eigenvalue weighted by Gasteiger charge is -2.21. The van der Waals surface area contributed by atoms with Gasteiger partial charge >= 0.3 is 6.03 Å². The number of anilines is 1. The Morgan fingerprint density at radius 2 is 1.73 bits per heavy atom. The Labute approximate surface area is 181 Å². The van der Waals surface area contributed by atoms with E-state index in [-0.39, 0.29) is 5.91 Å². The fraction of sp³-hybridized carbons (Fsp3) is 0.524. The molecule has 1 fully saturated rings. The number of carbonyl (C=O) groups excluding carboxylic acids is 2. The highest BCUT2D eigenvalue weighted by atomic mass is 32.2. The SMILES string of the molecule is Cc1ccc(-n2c(SC(C)C(=O)NC(=O)NC(C)(C)C)nnc2N2CCCC2)cc1. The van der Waals surface area contributed by atoms with Gasteiger partial charge in [-0.15, -0.1) is 10.2 Å². The minimum absolute atomic E-state index is 0.372. The van der Waals surface area contributed by atoms with Crippen LogP contribution in [0.4, 0.5) is 10.7 Å². The number of urea groups is 1. The molecule has 0 saturated carbocycles. The van der Waals surface area contributed by atoms with Gasteiger partial charge in [-0.05, 0) is 59.6 Å². The summed E-state index contributed by atoms with van der Waals surface area (Å²) in [5.41, 5.74) is 1.70. The Kier molecular flexibility index (Phi) is 6.70. The van der Waals surface area contributed by atoms with E-state index in [0.29, 0.717) is 5.16 Å². The normalized spacial score (nSPS) is 15.2. The van der Waals surface area contributed by atoms with Crippen molar-refractivity contribution in [1.82, 2.24) is 25.4 Å². The molecule has 162 valence electrons. The zero-order chi connectivity index (χ0) is 21.9. The van der Waals surface area contributed by atoms with Crippen LogP contribution in [0.3, 0.4) is 0 Å². The van der Waals surface area contributed by atoms with E-state index in [1.807, 2.05) is 56.5 Å². The van der Waals surface area contributed by atoms with Gasteiger partial charge in [0.2, 0.25) is 11.9 Å². The van der Waals surface area contributed by atoms with Crippen LogP contribution in [0.1, 0.15) is 46.1 Å². The van der Waals surface area contributed by atoms with Gasteiger partial charge in [0.15, 0.2) is 5.16 Å². The predicted molar refractivity (Wildman–Crippen MR) is 119 cm³/mol. The van der Waals surface area contributed by atoms with Crippen LogP contribution in [0.25, 0.3) is 5.69 Å². The smallest absolute Gasteiger partial charge is 0.321 e. The van der Waals surface area contributed by atoms with Crippen molar-refractivity contribution in [3.63, 3.8) is 0 Å². The summed E-state index contributed by atoms with van der Waals surface area (Å²) in [4.78, 5) is 26.8. The molecule has 3 amide bonds. The van der Waals surface area contributed by atoms with Crippen LogP contribution in [0.15, 0.2) is 29.4 Å². The molecule has 9 heteroatoms. The van der Waals surface area contributed by atoms with Crippen molar-refractivity contribution in [2.24, 2.45) is 0 Å². The number of carbonyl (C=O) groups is 2. The monoisotopic (exact) mass is 430 g/mol. The van der Waals surface area contributed by atoms with E-state index in [1.54, 1.807) is 6.92 Å². The molecule has 2 N–H and O–H groups in total. The number of amides is 3. The fourth-order valence-corrected chi connectivity index (χ4v) is 4.04. The summed E-state index contributed by atoms with van der Waals surface area (Å²) < 4.78 is 1.99. The van der Waals surface area contributed by atoms with Gasteiger partial charge < -0.3 is 10.2 Å². The van der Waals surface area contributed by atoms with Gasteiger partial charge in [0, 0.05) is 18.6 Å². The summed E-state index contributed by atoms with van der Waals surface area (Å²) in [6, 6.07) is 7.65. The van der Waals surface area contributed by atoms with E-state index < -0.39 is 16.8 Å². The highest BCUT2D eigenvalue weighted by Gasteiger charge is 2.26. The van der Waals surface area contributed by atoms with Gasteiger partial charge in [-0.1, -0.05) is 29.5 Å². The molecule has 0 spiro atoms. The number of thioether (sulfide) groups is 1. The Morgan fingerprint density at radius 3 is 2.33 bits per heavy atom. The Morgan fingerprint density at radius 1 is 1.10 bits per heavy atom. The maximum absolute atomic E-state index is 12.5. The summed E-state index contributed by atoms with van der Waals surface area (Å²) in [7, 11) is 0. The lowest BCUT2D eigenvalue weighted by Crippen LogP contribution is -2.49. The predicted octanol–water partition coefficient (Wildman–Crippen LogP) is 3.28. The van der Waals surface area contributed by atoms with E-state index in [1.165, 1.54) is 17.3 Å². The molecule has 0 radical (unpaired) electrons. The van der Waals surface area contributed by atoms with E-state index in [9.17, 15) is 9.59 Å². The molecule has 0 aliphatic carbocycles. The number of benzene rings is 1. The standard InChI is InChI=1S/C21H30N6O2S/c1-14-8-10-16(11-9-14)27-19(26-12-6-7-13-26)24-25-20(27)30-15(2)17(28)22-18(29)23-21(3,4)5/h8-11,15H,6-7,12-13H2,1-5H3,(H2,22,23,28,29). The molecule has 1 aromatic carbocycles. The molecular formula is C21H30N6O2S. The number of aryl methyl sites for hydroxylation is 1. The number of hydrogen-bond acceptors (Lipinski definition) is 6. The topological polar surface area (TPSA) is 92.2 Å². The van der Waals surface area contributed by atoms with Crippen molar-refractivity contribution in [3.8, 4) is 5.69 Å². The van der Waals surface area contributed by atoms with E-state index in [4.69, 9.17) is 0 Å². The van der Waals surface area contributed by atoms with Crippen LogP contribution in [-0.4, -0.2) is 50.6 Å². The first-order valence-electron chi connectivity index (χ1n) is 10.2. The number of rotatable bonds is 5. The molecule has 8 nitrogen and oxygen atoms in total. The second kappa shape index (κ2) is 9.07. The highest BCUT2D eigenvalue weighted by Crippen LogP contribution is 2.30. The summed E-state index contributed by atoms with van der Waals surface area (Å²) in [6.45, 7) is 11.3. The van der Waals surface area contributed by atoms with E-state index >= 15 is 0 Å². The van der Waals surface area contributed by atoms with Crippen LogP contribution >= 0.6 is 11.8 Å². The summed E-state index contributed by atoms with van der Waals surface area (Å²) >= 11 is 1.29. The van der Waals surface area contributed by atoms with Gasteiger partial charge in [-0.3, -0.25) is 14.7 Å². The average Bonchev–Trinajstić information content (AvgIpc) is 3.30. The quantitative estimate of drug-likeness (QED) is 0.708. The second-order valence-corrected chi connectivity index (χ2v) is 9.91. The molecule has 1 aliphatic rings. The average molecular weight is 431 g/mol. The molecule has 1 saturated heterocycles. The van der Waals surface area contributed by atoms with Crippen molar-refractivity contribution >= 4 is 29.6 Å². The third kappa shape index (κ3) is 5.53. The lowest BCUT2D eigenvalue weighted by molar-refractivity contribution is -0.119. The van der Waals surface area contributed by atoms with Gasteiger partial charge in [0.25, 0.3) is 0 Å². The first kappa shape index (κ1) is 22.1. The van der Waals surface area contributed by atoms with Crippen molar-refractivity contribution in [2.75, 3.05) is 18.0 Å². The van der Waals surface area contributed by atoms with Crippen molar-refractivity contribution < 1.29 is 9.59 Å². The number of hydrogen-bond donors (Lipinski definition) is 2. The second-order valence-electron chi connectivity index (χ2n) is 8.60. The summed E-state index contributed by atoms with van der Waals surface area (Å²) in [6.07, 6.45) is 2.26. The van der Waals surface area contributed by atoms with Gasteiger partial charge in [0.1, 0.15) is 0 Å². The number of imide groups is 1. The van der Waals surface area contributed by atoms with Crippen molar-refractivity contribution in [1.29, 1.82) is 0 Å². The zero-order valence-corrected chi connectivity index (χ0v) is 19.0. The van der Waals surface area contributed by atoms with Gasteiger partial charge in [0.05, 0.1) is 10.9 Å². The van der Waals surface area contributed by atoms with E-state index in [0.717, 1.165) is 37.6 Å². The molecule has 2 aromatic rings. The number of nitrogens with zero attached hydrogens (tertiary/aromatic N) is 4. The largest absolute Gasteiger partial charge is 0.341 e. The zero-order valence-electron chi connectivity index (χ0n) is 18.2. The molecule has 30 heavy (non-hydrogen) atoms. The lowest BCUT2D eigenvalue weighted by atomic mass is 10.1. The molecular weight excluding hydrogens is 400 g/mol. The van der Waals surface area contributed by atoms with Crippen molar-refractivity contribution in [3.05, 3.63) is 29.8 Å². The van der Waals surface area contributed by atoms with Crippen LogP contribution in [0.5, 0.6) is 0 Å². The van der Waals surface area contributed by atoms with Gasteiger partial charge in [-0.2, -0.15) is 0 Å². The maximum Gasteiger partial charge on any atom is 0.321 e. The van der Waals surface area contributed by atoms with Crippen LogP contribution in [0, 0.1) is 6.92 Å². The van der Waals surface area contributed by atoms with Gasteiger partial charge in [-0.25, -0.2) is 4.79 Å². The molecule has 1 unspecified atom stereocenters. The first-order chi connectivity index (χ1) is 14.1. The fourth-order valence-electron chi connectivity index (χ4n) is 3.18. The van der Waals surface area contributed by atoms with Crippen LogP contribution < -0.4 is 15.5 Å². The minimum atomic E-state index is -0.518. The first-order valence-corrected chi connectivity index (χ1v) is 11.1. The van der Waals surface area contributed by atoms with E-state index in [2.05, 4.69) is 25.7 Å². The van der Waals surface area contributed by atoms with Crippen LogP contribution in [-0.2, 0) is 4.79 Å². The third-order valence-corrected chi connectivity index (χ3v) is 5.72.